The van der Waals surface area contributed by atoms with Crippen molar-refractivity contribution in [2.24, 2.45) is 10.9 Å². The second-order valence-corrected chi connectivity index (χ2v) is 12.5. The Bertz CT molecular complexity index is 1280. The van der Waals surface area contributed by atoms with E-state index in [1.165, 1.54) is 14.1 Å². The standard InChI is InChI=1S/C22H32N4O6S2/c1-7-16(19-10-15(11-32-19)13(2)3)24-22-18(12-33(28,29)25-22)23-17-9-8-14(4)21(20(17)27)34(30,31)26(5)6/h9-14,16,23,27H,7-8H2,1-6H3,(H,24,25)/t14?,16-/m1/s1. The lowest BCUT2D eigenvalue weighted by molar-refractivity contribution is 0.395. The van der Waals surface area contributed by atoms with Gasteiger partial charge in [-0.2, -0.15) is 0 Å². The summed E-state index contributed by atoms with van der Waals surface area (Å²) >= 11 is 0. The molecule has 0 aromatic carbocycles. The maximum Gasteiger partial charge on any atom is 0.258 e. The third-order valence-corrected chi connectivity index (χ3v) is 8.85. The van der Waals surface area contributed by atoms with Crippen LogP contribution in [0.3, 0.4) is 0 Å². The van der Waals surface area contributed by atoms with Crippen LogP contribution >= 0.6 is 0 Å². The minimum Gasteiger partial charge on any atom is -0.505 e. The number of sulfonamides is 2. The maximum absolute atomic E-state index is 12.7. The molecule has 2 aliphatic rings. The molecule has 188 valence electrons. The molecule has 10 nitrogen and oxygen atoms in total. The molecule has 1 aromatic rings. The van der Waals surface area contributed by atoms with Crippen molar-refractivity contribution in [2.75, 3.05) is 14.1 Å². The molecule has 0 saturated carbocycles. The molecule has 0 saturated heterocycles. The van der Waals surface area contributed by atoms with Crippen molar-refractivity contribution >= 4 is 25.9 Å². The van der Waals surface area contributed by atoms with Gasteiger partial charge in [0.2, 0.25) is 10.0 Å². The van der Waals surface area contributed by atoms with Gasteiger partial charge in [-0.1, -0.05) is 33.8 Å². The molecule has 3 N–H and O–H groups in total. The summed E-state index contributed by atoms with van der Waals surface area (Å²) in [5.74, 6) is 0.0455. The third-order valence-electron chi connectivity index (χ3n) is 5.71. The molecule has 34 heavy (non-hydrogen) atoms. The number of hydrogen-bond donors (Lipinski definition) is 3. The summed E-state index contributed by atoms with van der Waals surface area (Å²) in [6.45, 7) is 7.69. The Kier molecular flexibility index (Phi) is 7.34. The zero-order chi connectivity index (χ0) is 25.4. The molecule has 2 atom stereocenters. The van der Waals surface area contributed by atoms with Crippen LogP contribution in [0.25, 0.3) is 0 Å². The van der Waals surface area contributed by atoms with Crippen molar-refractivity contribution in [3.63, 3.8) is 0 Å². The highest BCUT2D eigenvalue weighted by molar-refractivity contribution is 7.93. The molecule has 0 radical (unpaired) electrons. The van der Waals surface area contributed by atoms with Crippen molar-refractivity contribution < 1.29 is 26.4 Å². The van der Waals surface area contributed by atoms with Crippen molar-refractivity contribution in [3.05, 3.63) is 57.2 Å². The van der Waals surface area contributed by atoms with Crippen molar-refractivity contribution in [1.82, 2.24) is 14.3 Å². The van der Waals surface area contributed by atoms with E-state index >= 15 is 0 Å². The van der Waals surface area contributed by atoms with Gasteiger partial charge in [0.25, 0.3) is 10.0 Å². The number of hydrogen-bond acceptors (Lipinski definition) is 8. The molecule has 1 aromatic heterocycles. The van der Waals surface area contributed by atoms with Gasteiger partial charge in [-0.3, -0.25) is 9.71 Å². The number of rotatable bonds is 8. The summed E-state index contributed by atoms with van der Waals surface area (Å²) in [4.78, 5) is 4.44. The summed E-state index contributed by atoms with van der Waals surface area (Å²) in [6, 6.07) is 1.46. The monoisotopic (exact) mass is 512 g/mol. The van der Waals surface area contributed by atoms with E-state index in [1.807, 2.05) is 26.8 Å². The van der Waals surface area contributed by atoms with E-state index in [0.29, 0.717) is 18.6 Å². The van der Waals surface area contributed by atoms with Crippen LogP contribution in [0.5, 0.6) is 0 Å². The molecule has 0 spiro atoms. The first-order valence-electron chi connectivity index (χ1n) is 11.0. The van der Waals surface area contributed by atoms with Crippen LogP contribution < -0.4 is 10.0 Å². The van der Waals surface area contributed by atoms with Gasteiger partial charge in [0.1, 0.15) is 16.7 Å². The Labute approximate surface area is 201 Å². The average molecular weight is 513 g/mol. The number of nitrogens with zero attached hydrogens (tertiary/aromatic N) is 2. The predicted molar refractivity (Wildman–Crippen MR) is 131 cm³/mol. The Hall–Kier alpha value is -2.57. The molecule has 0 amide bonds. The fourth-order valence-electron chi connectivity index (χ4n) is 3.67. The Balaban J connectivity index is 1.97. The van der Waals surface area contributed by atoms with Crippen LogP contribution in [0.1, 0.15) is 63.8 Å². The molecule has 1 aliphatic carbocycles. The number of furan rings is 1. The lowest BCUT2D eigenvalue weighted by Gasteiger charge is -2.26. The number of aliphatic imine (C=N–C) groups is 1. The highest BCUT2D eigenvalue weighted by atomic mass is 32.2. The first-order valence-corrected chi connectivity index (χ1v) is 14.0. The topological polar surface area (TPSA) is 141 Å². The first kappa shape index (κ1) is 26.0. The van der Waals surface area contributed by atoms with Crippen LogP contribution in [-0.2, 0) is 20.0 Å². The van der Waals surface area contributed by atoms with Gasteiger partial charge in [0.15, 0.2) is 11.6 Å². The van der Waals surface area contributed by atoms with E-state index in [1.54, 1.807) is 19.3 Å². The van der Waals surface area contributed by atoms with E-state index in [9.17, 15) is 21.9 Å². The van der Waals surface area contributed by atoms with Crippen molar-refractivity contribution in [2.45, 2.75) is 52.5 Å². The summed E-state index contributed by atoms with van der Waals surface area (Å²) in [6.07, 6.45) is 4.20. The van der Waals surface area contributed by atoms with Gasteiger partial charge in [-0.05, 0) is 30.4 Å². The molecule has 3 rings (SSSR count). The fraction of sp³-hybridized carbons (Fsp3) is 0.500. The van der Waals surface area contributed by atoms with Gasteiger partial charge in [-0.15, -0.1) is 0 Å². The molecular weight excluding hydrogens is 480 g/mol. The molecule has 1 aliphatic heterocycles. The average Bonchev–Trinajstić information content (AvgIpc) is 3.32. The van der Waals surface area contributed by atoms with Crippen molar-refractivity contribution in [3.8, 4) is 0 Å². The summed E-state index contributed by atoms with van der Waals surface area (Å²) < 4.78 is 59.2. The number of amidine groups is 1. The van der Waals surface area contributed by atoms with Gasteiger partial charge in [0.05, 0.1) is 23.1 Å². The molecule has 0 bridgehead atoms. The van der Waals surface area contributed by atoms with Crippen molar-refractivity contribution in [1.29, 1.82) is 0 Å². The highest BCUT2D eigenvalue weighted by Crippen LogP contribution is 2.33. The quantitative estimate of drug-likeness (QED) is 0.486. The predicted octanol–water partition coefficient (Wildman–Crippen LogP) is 3.20. The van der Waals surface area contributed by atoms with E-state index in [2.05, 4.69) is 15.0 Å². The third kappa shape index (κ3) is 5.23. The molecule has 0 fully saturated rings. The molecule has 2 heterocycles. The second kappa shape index (κ2) is 9.59. The zero-order valence-electron chi connectivity index (χ0n) is 20.2. The SMILES string of the molecule is CC[C@@H](N=C1NS(=O)(=O)C=C1NC1=CCC(C)C(S(=O)(=O)N(C)C)=C1O)c1cc(C(C)C)co1. The molecule has 12 heteroatoms. The van der Waals surface area contributed by atoms with E-state index in [4.69, 9.17) is 4.42 Å². The minimum atomic E-state index is -3.88. The molecular formula is C22H32N4O6S2. The lowest BCUT2D eigenvalue weighted by atomic mass is 9.99. The van der Waals surface area contributed by atoms with E-state index < -0.39 is 37.8 Å². The van der Waals surface area contributed by atoms with Gasteiger partial charge < -0.3 is 14.8 Å². The lowest BCUT2D eigenvalue weighted by Crippen LogP contribution is -2.32. The van der Waals surface area contributed by atoms with Crippen LogP contribution in [-0.4, -0.2) is 46.2 Å². The normalized spacial score (nSPS) is 22.7. The smallest absolute Gasteiger partial charge is 0.258 e. The Morgan fingerprint density at radius 3 is 2.56 bits per heavy atom. The molecule has 1 unspecified atom stereocenters. The van der Waals surface area contributed by atoms with Gasteiger partial charge >= 0.3 is 0 Å². The Morgan fingerprint density at radius 2 is 2.00 bits per heavy atom. The number of nitrogens with one attached hydrogen (secondary N) is 2. The summed E-state index contributed by atoms with van der Waals surface area (Å²) in [5, 5.41) is 14.6. The largest absolute Gasteiger partial charge is 0.505 e. The van der Waals surface area contributed by atoms with E-state index in [-0.39, 0.29) is 28.1 Å². The summed E-state index contributed by atoms with van der Waals surface area (Å²) in [5.41, 5.74) is 1.22. The minimum absolute atomic E-state index is 0.0543. The number of allylic oxidation sites excluding steroid dienone is 2. The van der Waals surface area contributed by atoms with Crippen LogP contribution in [0, 0.1) is 5.92 Å². The maximum atomic E-state index is 12.7. The zero-order valence-corrected chi connectivity index (χ0v) is 21.8. The highest BCUT2D eigenvalue weighted by Gasteiger charge is 2.35. The fourth-order valence-corrected chi connectivity index (χ4v) is 5.99. The summed E-state index contributed by atoms with van der Waals surface area (Å²) in [7, 11) is -4.91. The second-order valence-electron chi connectivity index (χ2n) is 8.90. The first-order chi connectivity index (χ1) is 15.8. The van der Waals surface area contributed by atoms with Gasteiger partial charge in [-0.25, -0.2) is 21.1 Å². The Morgan fingerprint density at radius 1 is 1.32 bits per heavy atom. The number of aliphatic hydroxyl groups excluding tert-OH is 1. The number of aliphatic hydroxyl groups is 1. The van der Waals surface area contributed by atoms with E-state index in [0.717, 1.165) is 15.3 Å². The van der Waals surface area contributed by atoms with Crippen LogP contribution in [0.4, 0.5) is 0 Å². The van der Waals surface area contributed by atoms with Crippen LogP contribution in [0.2, 0.25) is 0 Å². The van der Waals surface area contributed by atoms with Crippen LogP contribution in [0.15, 0.2) is 55.3 Å². The van der Waals surface area contributed by atoms with Gasteiger partial charge in [0, 0.05) is 20.0 Å².